The van der Waals surface area contributed by atoms with Crippen LogP contribution < -0.4 is 5.32 Å². The average molecular weight is 224 g/mol. The van der Waals surface area contributed by atoms with Crippen molar-refractivity contribution in [3.8, 4) is 6.07 Å². The Balaban J connectivity index is 2.01. The lowest BCUT2D eigenvalue weighted by molar-refractivity contribution is 0.628. The van der Waals surface area contributed by atoms with Gasteiger partial charge in [0, 0.05) is 36.9 Å². The molecule has 0 aromatic carbocycles. The lowest BCUT2D eigenvalue weighted by Gasteiger charge is -2.11. The quantitative estimate of drug-likeness (QED) is 0.860. The van der Waals surface area contributed by atoms with Gasteiger partial charge in [-0.15, -0.1) is 0 Å². The molecule has 1 atom stereocenters. The molecule has 4 heteroatoms. The fourth-order valence-corrected chi connectivity index (χ4v) is 1.51. The SMILES string of the molecule is N#CC(NCc1ccncc1)c1cccnc1. The summed E-state index contributed by atoms with van der Waals surface area (Å²) in [7, 11) is 0. The molecule has 84 valence electrons. The molecule has 2 rings (SSSR count). The summed E-state index contributed by atoms with van der Waals surface area (Å²) in [6.07, 6.45) is 6.87. The molecule has 1 unspecified atom stereocenters. The summed E-state index contributed by atoms with van der Waals surface area (Å²) < 4.78 is 0. The lowest BCUT2D eigenvalue weighted by Crippen LogP contribution is -2.19. The van der Waals surface area contributed by atoms with E-state index in [1.54, 1.807) is 24.8 Å². The van der Waals surface area contributed by atoms with E-state index in [-0.39, 0.29) is 6.04 Å². The fourth-order valence-electron chi connectivity index (χ4n) is 1.51. The summed E-state index contributed by atoms with van der Waals surface area (Å²) in [6, 6.07) is 9.44. The topological polar surface area (TPSA) is 61.6 Å². The second-order valence-electron chi connectivity index (χ2n) is 3.58. The highest BCUT2D eigenvalue weighted by Crippen LogP contribution is 2.10. The third kappa shape index (κ3) is 3.10. The van der Waals surface area contributed by atoms with Gasteiger partial charge < -0.3 is 0 Å². The molecule has 0 radical (unpaired) electrons. The van der Waals surface area contributed by atoms with Gasteiger partial charge in [-0.25, -0.2) is 0 Å². The highest BCUT2D eigenvalue weighted by Gasteiger charge is 2.08. The van der Waals surface area contributed by atoms with Gasteiger partial charge in [-0.05, 0) is 23.8 Å². The van der Waals surface area contributed by atoms with Crippen LogP contribution in [0.2, 0.25) is 0 Å². The smallest absolute Gasteiger partial charge is 0.123 e. The highest BCUT2D eigenvalue weighted by atomic mass is 14.9. The first kappa shape index (κ1) is 11.2. The van der Waals surface area contributed by atoms with Gasteiger partial charge in [0.2, 0.25) is 0 Å². The molecule has 4 nitrogen and oxygen atoms in total. The van der Waals surface area contributed by atoms with E-state index < -0.39 is 0 Å². The molecule has 0 spiro atoms. The Morgan fingerprint density at radius 2 is 2.00 bits per heavy atom. The van der Waals surface area contributed by atoms with Crippen LogP contribution in [-0.2, 0) is 6.54 Å². The van der Waals surface area contributed by atoms with E-state index in [9.17, 15) is 0 Å². The van der Waals surface area contributed by atoms with Crippen LogP contribution in [0.25, 0.3) is 0 Å². The Kier molecular flexibility index (Phi) is 3.79. The predicted octanol–water partition coefficient (Wildman–Crippen LogP) is 1.83. The minimum atomic E-state index is -0.336. The minimum Gasteiger partial charge on any atom is -0.294 e. The van der Waals surface area contributed by atoms with Crippen molar-refractivity contribution in [2.24, 2.45) is 0 Å². The lowest BCUT2D eigenvalue weighted by atomic mass is 10.1. The van der Waals surface area contributed by atoms with Gasteiger partial charge >= 0.3 is 0 Å². The van der Waals surface area contributed by atoms with E-state index in [1.807, 2.05) is 24.3 Å². The van der Waals surface area contributed by atoms with Crippen molar-refractivity contribution >= 4 is 0 Å². The number of pyridine rings is 2. The number of nitrogens with zero attached hydrogens (tertiary/aromatic N) is 3. The first-order chi connectivity index (χ1) is 8.40. The van der Waals surface area contributed by atoms with Crippen molar-refractivity contribution in [3.63, 3.8) is 0 Å². The summed E-state index contributed by atoms with van der Waals surface area (Å²) in [5.41, 5.74) is 1.98. The molecule has 1 N–H and O–H groups in total. The van der Waals surface area contributed by atoms with Crippen molar-refractivity contribution in [2.45, 2.75) is 12.6 Å². The number of nitriles is 1. The maximum atomic E-state index is 9.10. The largest absolute Gasteiger partial charge is 0.294 e. The van der Waals surface area contributed by atoms with Crippen LogP contribution in [0.15, 0.2) is 49.1 Å². The number of nitrogens with one attached hydrogen (secondary N) is 1. The number of hydrogen-bond donors (Lipinski definition) is 1. The predicted molar refractivity (Wildman–Crippen MR) is 63.7 cm³/mol. The summed E-state index contributed by atoms with van der Waals surface area (Å²) >= 11 is 0. The van der Waals surface area contributed by atoms with Crippen LogP contribution in [-0.4, -0.2) is 9.97 Å². The van der Waals surface area contributed by atoms with Crippen molar-refractivity contribution < 1.29 is 0 Å². The van der Waals surface area contributed by atoms with Gasteiger partial charge in [0.25, 0.3) is 0 Å². The Labute approximate surface area is 100.0 Å². The van der Waals surface area contributed by atoms with Crippen LogP contribution >= 0.6 is 0 Å². The molecule has 2 aromatic rings. The maximum absolute atomic E-state index is 9.10. The zero-order chi connectivity index (χ0) is 11.9. The number of hydrogen-bond acceptors (Lipinski definition) is 4. The maximum Gasteiger partial charge on any atom is 0.123 e. The normalized spacial score (nSPS) is 11.7. The number of aromatic nitrogens is 2. The zero-order valence-electron chi connectivity index (χ0n) is 9.24. The van der Waals surface area contributed by atoms with Crippen molar-refractivity contribution in [1.29, 1.82) is 5.26 Å². The summed E-state index contributed by atoms with van der Waals surface area (Å²) in [5.74, 6) is 0. The number of rotatable bonds is 4. The first-order valence-electron chi connectivity index (χ1n) is 5.32. The summed E-state index contributed by atoms with van der Waals surface area (Å²) in [5, 5.41) is 12.3. The Bertz CT molecular complexity index is 490. The highest BCUT2D eigenvalue weighted by molar-refractivity contribution is 5.20. The van der Waals surface area contributed by atoms with Gasteiger partial charge in [0.15, 0.2) is 0 Å². The average Bonchev–Trinajstić information content (AvgIpc) is 2.42. The van der Waals surface area contributed by atoms with E-state index >= 15 is 0 Å². The molecule has 17 heavy (non-hydrogen) atoms. The third-order valence-corrected chi connectivity index (χ3v) is 2.41. The van der Waals surface area contributed by atoms with Crippen LogP contribution in [0.1, 0.15) is 17.2 Å². The van der Waals surface area contributed by atoms with Crippen LogP contribution in [0, 0.1) is 11.3 Å². The molecule has 0 aliphatic heterocycles. The van der Waals surface area contributed by atoms with Gasteiger partial charge in [0.1, 0.15) is 6.04 Å². The minimum absolute atomic E-state index is 0.336. The van der Waals surface area contributed by atoms with E-state index in [4.69, 9.17) is 5.26 Å². The Hall–Kier alpha value is -2.25. The first-order valence-corrected chi connectivity index (χ1v) is 5.32. The summed E-state index contributed by atoms with van der Waals surface area (Å²) in [4.78, 5) is 7.96. The molecule has 0 amide bonds. The second kappa shape index (κ2) is 5.73. The Morgan fingerprint density at radius 1 is 1.18 bits per heavy atom. The molecule has 0 bridgehead atoms. The molecule has 2 heterocycles. The van der Waals surface area contributed by atoms with Gasteiger partial charge in [-0.1, -0.05) is 6.07 Å². The molecule has 2 aromatic heterocycles. The monoisotopic (exact) mass is 224 g/mol. The van der Waals surface area contributed by atoms with Crippen molar-refractivity contribution in [2.75, 3.05) is 0 Å². The molecule has 0 saturated heterocycles. The third-order valence-electron chi connectivity index (χ3n) is 2.41. The van der Waals surface area contributed by atoms with E-state index in [1.165, 1.54) is 0 Å². The molecule has 0 fully saturated rings. The van der Waals surface area contributed by atoms with E-state index in [2.05, 4.69) is 21.4 Å². The van der Waals surface area contributed by atoms with E-state index in [0.29, 0.717) is 6.54 Å². The zero-order valence-corrected chi connectivity index (χ0v) is 9.24. The Morgan fingerprint density at radius 3 is 2.65 bits per heavy atom. The second-order valence-corrected chi connectivity index (χ2v) is 3.58. The van der Waals surface area contributed by atoms with Gasteiger partial charge in [0.05, 0.1) is 6.07 Å². The summed E-state index contributed by atoms with van der Waals surface area (Å²) in [6.45, 7) is 0.635. The molecule has 0 saturated carbocycles. The van der Waals surface area contributed by atoms with Gasteiger partial charge in [-0.2, -0.15) is 5.26 Å². The van der Waals surface area contributed by atoms with Crippen LogP contribution in [0.3, 0.4) is 0 Å². The van der Waals surface area contributed by atoms with E-state index in [0.717, 1.165) is 11.1 Å². The van der Waals surface area contributed by atoms with Gasteiger partial charge in [-0.3, -0.25) is 15.3 Å². The van der Waals surface area contributed by atoms with Crippen molar-refractivity contribution in [1.82, 2.24) is 15.3 Å². The fraction of sp³-hybridized carbons (Fsp3) is 0.154. The standard InChI is InChI=1S/C13H12N4/c14-8-13(12-2-1-5-16-10-12)17-9-11-3-6-15-7-4-11/h1-7,10,13,17H,9H2. The molecular formula is C13H12N4. The van der Waals surface area contributed by atoms with Crippen LogP contribution in [0.4, 0.5) is 0 Å². The molecular weight excluding hydrogens is 212 g/mol. The molecule has 0 aliphatic carbocycles. The molecule has 0 aliphatic rings. The van der Waals surface area contributed by atoms with Crippen molar-refractivity contribution in [3.05, 3.63) is 60.2 Å². The van der Waals surface area contributed by atoms with Crippen LogP contribution in [0.5, 0.6) is 0 Å².